The molecule has 0 heterocycles. The summed E-state index contributed by atoms with van der Waals surface area (Å²) in [5, 5.41) is 3.35. The molecule has 1 unspecified atom stereocenters. The highest BCUT2D eigenvalue weighted by Gasteiger charge is 2.35. The number of hydrogen-bond donors (Lipinski definition) is 1. The van der Waals surface area contributed by atoms with Crippen LogP contribution in [0.1, 0.15) is 39.0 Å². The van der Waals surface area contributed by atoms with E-state index in [4.69, 9.17) is 0 Å². The van der Waals surface area contributed by atoms with Crippen molar-refractivity contribution in [1.29, 1.82) is 0 Å². The maximum absolute atomic E-state index is 12.1. The van der Waals surface area contributed by atoms with Crippen molar-refractivity contribution in [2.75, 3.05) is 19.3 Å². The molecule has 0 aliphatic heterocycles. The predicted octanol–water partition coefficient (Wildman–Crippen LogP) is 1.19. The third kappa shape index (κ3) is 3.93. The molecule has 4 nitrogen and oxygen atoms in total. The maximum atomic E-state index is 12.1. The average molecular weight is 260 g/mol. The molecule has 5 heteroatoms. The lowest BCUT2D eigenvalue weighted by molar-refractivity contribution is 0.356. The molecule has 17 heavy (non-hydrogen) atoms. The summed E-state index contributed by atoms with van der Waals surface area (Å²) in [7, 11) is -1.32. The Labute approximate surface area is 105 Å². The fourth-order valence-corrected chi connectivity index (χ4v) is 3.60. The van der Waals surface area contributed by atoms with Crippen LogP contribution in [0.2, 0.25) is 0 Å². The third-order valence-corrected chi connectivity index (χ3v) is 5.92. The molecule has 0 aromatic rings. The van der Waals surface area contributed by atoms with E-state index in [2.05, 4.69) is 5.32 Å². The number of nitrogens with zero attached hydrogens (tertiary/aromatic N) is 1. The van der Waals surface area contributed by atoms with Crippen LogP contribution in [0.3, 0.4) is 0 Å². The van der Waals surface area contributed by atoms with E-state index in [1.54, 1.807) is 11.4 Å². The zero-order valence-electron chi connectivity index (χ0n) is 10.9. The van der Waals surface area contributed by atoms with E-state index in [1.165, 1.54) is 25.7 Å². The highest BCUT2D eigenvalue weighted by molar-refractivity contribution is 7.89. The van der Waals surface area contributed by atoms with Crippen LogP contribution in [0.4, 0.5) is 0 Å². The number of nitrogens with one attached hydrogen (secondary N) is 1. The second-order valence-corrected chi connectivity index (χ2v) is 7.64. The fourth-order valence-electron chi connectivity index (χ4n) is 2.12. The molecule has 0 bridgehead atoms. The fraction of sp³-hybridized carbons (Fsp3) is 1.00. The van der Waals surface area contributed by atoms with Gasteiger partial charge in [-0.3, -0.25) is 0 Å². The van der Waals surface area contributed by atoms with Gasteiger partial charge in [0, 0.05) is 19.1 Å². The molecular formula is C12H24N2O2S. The minimum Gasteiger partial charge on any atom is -0.314 e. The van der Waals surface area contributed by atoms with Gasteiger partial charge in [0.15, 0.2) is 0 Å². The highest BCUT2D eigenvalue weighted by Crippen LogP contribution is 2.35. The molecule has 2 saturated carbocycles. The van der Waals surface area contributed by atoms with Gasteiger partial charge in [-0.2, -0.15) is 0 Å². The number of hydrogen-bond acceptors (Lipinski definition) is 3. The van der Waals surface area contributed by atoms with E-state index in [0.717, 1.165) is 13.0 Å². The van der Waals surface area contributed by atoms with E-state index in [0.29, 0.717) is 12.0 Å². The largest absolute Gasteiger partial charge is 0.314 e. The lowest BCUT2D eigenvalue weighted by atomic mass is 10.2. The Morgan fingerprint density at radius 1 is 1.29 bits per heavy atom. The van der Waals surface area contributed by atoms with Gasteiger partial charge in [0.05, 0.1) is 5.75 Å². The average Bonchev–Trinajstić information content (AvgIpc) is 3.15. The Hall–Kier alpha value is -0.130. The van der Waals surface area contributed by atoms with Gasteiger partial charge in [0.2, 0.25) is 10.0 Å². The first-order valence-corrected chi connectivity index (χ1v) is 8.31. The summed E-state index contributed by atoms with van der Waals surface area (Å²) < 4.78 is 25.7. The minimum atomic E-state index is -3.05. The summed E-state index contributed by atoms with van der Waals surface area (Å²) in [5.74, 6) is 0.875. The topological polar surface area (TPSA) is 49.4 Å². The van der Waals surface area contributed by atoms with E-state index in [1.807, 2.05) is 6.92 Å². The van der Waals surface area contributed by atoms with Crippen LogP contribution in [0.15, 0.2) is 0 Å². The van der Waals surface area contributed by atoms with Crippen molar-refractivity contribution in [2.24, 2.45) is 5.92 Å². The molecule has 2 aliphatic rings. The second kappa shape index (κ2) is 5.24. The molecule has 0 saturated heterocycles. The smallest absolute Gasteiger partial charge is 0.214 e. The van der Waals surface area contributed by atoms with Crippen molar-refractivity contribution in [3.63, 3.8) is 0 Å². The van der Waals surface area contributed by atoms with Crippen molar-refractivity contribution in [3.8, 4) is 0 Å². The quantitative estimate of drug-likeness (QED) is 0.667. The zero-order chi connectivity index (χ0) is 12.5. The summed E-state index contributed by atoms with van der Waals surface area (Å²) in [5.41, 5.74) is 0. The Kier molecular flexibility index (Phi) is 4.10. The molecular weight excluding hydrogens is 236 g/mol. The van der Waals surface area contributed by atoms with Crippen molar-refractivity contribution < 1.29 is 8.42 Å². The molecule has 0 aromatic heterocycles. The molecule has 2 rings (SSSR count). The van der Waals surface area contributed by atoms with Crippen LogP contribution in [0.25, 0.3) is 0 Å². The Morgan fingerprint density at radius 2 is 1.94 bits per heavy atom. The maximum Gasteiger partial charge on any atom is 0.214 e. The molecule has 0 amide bonds. The summed E-state index contributed by atoms with van der Waals surface area (Å²) >= 11 is 0. The highest BCUT2D eigenvalue weighted by atomic mass is 32.2. The van der Waals surface area contributed by atoms with Crippen LogP contribution in [0, 0.1) is 5.92 Å². The number of rotatable bonds is 8. The van der Waals surface area contributed by atoms with Gasteiger partial charge in [-0.25, -0.2) is 12.7 Å². The van der Waals surface area contributed by atoms with Gasteiger partial charge in [-0.05, 0) is 51.5 Å². The first-order valence-electron chi connectivity index (χ1n) is 6.70. The third-order valence-electron chi connectivity index (χ3n) is 3.91. The SMILES string of the molecule is CC(C1CC1)N(C)S(=O)(=O)CCCNC1CC1. The van der Waals surface area contributed by atoms with Crippen LogP contribution >= 0.6 is 0 Å². The molecule has 1 N–H and O–H groups in total. The van der Waals surface area contributed by atoms with Gasteiger partial charge in [-0.15, -0.1) is 0 Å². The van der Waals surface area contributed by atoms with Crippen LogP contribution in [0.5, 0.6) is 0 Å². The van der Waals surface area contributed by atoms with Crippen molar-refractivity contribution in [3.05, 3.63) is 0 Å². The summed E-state index contributed by atoms with van der Waals surface area (Å²) in [6, 6.07) is 0.845. The Morgan fingerprint density at radius 3 is 2.47 bits per heavy atom. The standard InChI is InChI=1S/C12H24N2O2S/c1-10(11-4-5-11)14(2)17(15,16)9-3-8-13-12-6-7-12/h10-13H,3-9H2,1-2H3. The van der Waals surface area contributed by atoms with Gasteiger partial charge >= 0.3 is 0 Å². The van der Waals surface area contributed by atoms with Gasteiger partial charge in [-0.1, -0.05) is 0 Å². The van der Waals surface area contributed by atoms with E-state index >= 15 is 0 Å². The molecule has 2 aliphatic carbocycles. The zero-order valence-corrected chi connectivity index (χ0v) is 11.7. The first kappa shape index (κ1) is 13.3. The molecule has 0 spiro atoms. The predicted molar refractivity (Wildman–Crippen MR) is 69.4 cm³/mol. The Balaban J connectivity index is 1.71. The van der Waals surface area contributed by atoms with Gasteiger partial charge < -0.3 is 5.32 Å². The van der Waals surface area contributed by atoms with E-state index in [-0.39, 0.29) is 11.8 Å². The summed E-state index contributed by atoms with van der Waals surface area (Å²) in [6.45, 7) is 2.85. The van der Waals surface area contributed by atoms with Crippen molar-refractivity contribution in [2.45, 2.75) is 51.1 Å². The summed E-state index contributed by atoms with van der Waals surface area (Å²) in [6.07, 6.45) is 5.60. The van der Waals surface area contributed by atoms with Gasteiger partial charge in [0.1, 0.15) is 0 Å². The molecule has 0 radical (unpaired) electrons. The summed E-state index contributed by atoms with van der Waals surface area (Å²) in [4.78, 5) is 0. The molecule has 0 aromatic carbocycles. The van der Waals surface area contributed by atoms with Crippen LogP contribution in [-0.2, 0) is 10.0 Å². The minimum absolute atomic E-state index is 0.177. The molecule has 1 atom stereocenters. The first-order chi connectivity index (χ1) is 8.00. The monoisotopic (exact) mass is 260 g/mol. The van der Waals surface area contributed by atoms with Crippen molar-refractivity contribution in [1.82, 2.24) is 9.62 Å². The van der Waals surface area contributed by atoms with E-state index < -0.39 is 10.0 Å². The normalized spacial score (nSPS) is 23.0. The van der Waals surface area contributed by atoms with E-state index in [9.17, 15) is 8.42 Å². The van der Waals surface area contributed by atoms with Crippen LogP contribution in [-0.4, -0.2) is 44.2 Å². The molecule has 100 valence electrons. The molecule has 2 fully saturated rings. The lowest BCUT2D eigenvalue weighted by Crippen LogP contribution is -2.38. The van der Waals surface area contributed by atoms with Gasteiger partial charge in [0.25, 0.3) is 0 Å². The second-order valence-electron chi connectivity index (χ2n) is 5.49. The van der Waals surface area contributed by atoms with Crippen LogP contribution < -0.4 is 5.32 Å². The Bertz CT molecular complexity index is 348. The van der Waals surface area contributed by atoms with Crippen molar-refractivity contribution >= 4 is 10.0 Å². The lowest BCUT2D eigenvalue weighted by Gasteiger charge is -2.24. The number of sulfonamides is 1.